The largest absolute Gasteiger partial charge is 0.480 e. The average molecular weight is 152 g/mol. The lowest BCUT2D eigenvalue weighted by Gasteiger charge is -2.03. The molecular formula is C7H8N2O2. The van der Waals surface area contributed by atoms with Gasteiger partial charge in [-0.3, -0.25) is 9.78 Å². The summed E-state index contributed by atoms with van der Waals surface area (Å²) in [6, 6.07) is 3.97. The molecule has 0 aliphatic rings. The van der Waals surface area contributed by atoms with Crippen molar-refractivity contribution in [2.45, 2.75) is 6.04 Å². The quantitative estimate of drug-likeness (QED) is 0.633. The predicted octanol–water partition coefficient (Wildman–Crippen LogP) is 0.166. The molecule has 0 aliphatic heterocycles. The van der Waals surface area contributed by atoms with Crippen LogP contribution in [-0.4, -0.2) is 16.1 Å². The number of carboxylic acid groups (broad SMARTS) is 1. The first-order valence-electron chi connectivity index (χ1n) is 3.11. The van der Waals surface area contributed by atoms with E-state index >= 15 is 0 Å². The lowest BCUT2D eigenvalue weighted by atomic mass is 10.2. The van der Waals surface area contributed by atoms with Crippen molar-refractivity contribution in [2.24, 2.45) is 5.73 Å². The molecule has 58 valence electrons. The maximum Gasteiger partial charge on any atom is 0.326 e. The van der Waals surface area contributed by atoms with Crippen LogP contribution in [0.5, 0.6) is 0 Å². The SMILES string of the molecule is N[C@H](C(=O)O)c1ccccn1. The smallest absolute Gasteiger partial charge is 0.326 e. The monoisotopic (exact) mass is 152 g/mol. The summed E-state index contributed by atoms with van der Waals surface area (Å²) in [6.07, 6.45) is 1.51. The molecule has 1 heterocycles. The minimum atomic E-state index is -1.07. The van der Waals surface area contributed by atoms with E-state index in [9.17, 15) is 4.79 Å². The van der Waals surface area contributed by atoms with Gasteiger partial charge in [0, 0.05) is 6.20 Å². The van der Waals surface area contributed by atoms with Crippen LogP contribution in [0, 0.1) is 0 Å². The Labute approximate surface area is 63.7 Å². The number of carbonyl (C=O) groups is 1. The van der Waals surface area contributed by atoms with E-state index in [4.69, 9.17) is 10.8 Å². The van der Waals surface area contributed by atoms with Crippen LogP contribution >= 0.6 is 0 Å². The van der Waals surface area contributed by atoms with Crippen LogP contribution in [0.2, 0.25) is 0 Å². The molecule has 11 heavy (non-hydrogen) atoms. The molecule has 0 saturated heterocycles. The normalized spacial score (nSPS) is 12.5. The van der Waals surface area contributed by atoms with E-state index in [0.717, 1.165) is 0 Å². The molecule has 0 aromatic carbocycles. The Morgan fingerprint density at radius 3 is 2.82 bits per heavy atom. The summed E-state index contributed by atoms with van der Waals surface area (Å²) in [5, 5.41) is 8.47. The van der Waals surface area contributed by atoms with Crippen molar-refractivity contribution < 1.29 is 9.90 Å². The third-order valence-electron chi connectivity index (χ3n) is 1.27. The second kappa shape index (κ2) is 3.12. The zero-order valence-corrected chi connectivity index (χ0v) is 5.77. The van der Waals surface area contributed by atoms with E-state index in [1.807, 2.05) is 0 Å². The number of hydrogen-bond acceptors (Lipinski definition) is 3. The van der Waals surface area contributed by atoms with Crippen molar-refractivity contribution in [1.29, 1.82) is 0 Å². The van der Waals surface area contributed by atoms with Crippen LogP contribution in [0.3, 0.4) is 0 Å². The molecule has 1 aromatic heterocycles. The molecule has 0 bridgehead atoms. The second-order valence-corrected chi connectivity index (χ2v) is 2.07. The van der Waals surface area contributed by atoms with Crippen molar-refractivity contribution in [3.63, 3.8) is 0 Å². The van der Waals surface area contributed by atoms with Crippen molar-refractivity contribution >= 4 is 5.97 Å². The highest BCUT2D eigenvalue weighted by Gasteiger charge is 2.13. The first-order valence-corrected chi connectivity index (χ1v) is 3.11. The van der Waals surface area contributed by atoms with Gasteiger partial charge in [0.15, 0.2) is 0 Å². The van der Waals surface area contributed by atoms with Crippen molar-refractivity contribution in [3.05, 3.63) is 30.1 Å². The zero-order chi connectivity index (χ0) is 8.27. The number of aromatic nitrogens is 1. The Balaban J connectivity index is 2.85. The molecule has 0 amide bonds. The van der Waals surface area contributed by atoms with E-state index in [0.29, 0.717) is 5.69 Å². The first kappa shape index (κ1) is 7.68. The Morgan fingerprint density at radius 2 is 2.36 bits per heavy atom. The summed E-state index contributed by atoms with van der Waals surface area (Å²) in [7, 11) is 0. The van der Waals surface area contributed by atoms with E-state index in [1.165, 1.54) is 6.20 Å². The summed E-state index contributed by atoms with van der Waals surface area (Å²) >= 11 is 0. The molecule has 4 nitrogen and oxygen atoms in total. The van der Waals surface area contributed by atoms with Gasteiger partial charge in [-0.15, -0.1) is 0 Å². The maximum absolute atomic E-state index is 10.3. The molecular weight excluding hydrogens is 144 g/mol. The Bertz CT molecular complexity index is 248. The lowest BCUT2D eigenvalue weighted by molar-refractivity contribution is -0.138. The summed E-state index contributed by atoms with van der Waals surface area (Å²) in [6.45, 7) is 0. The van der Waals surface area contributed by atoms with Gasteiger partial charge in [0.1, 0.15) is 6.04 Å². The number of pyridine rings is 1. The Morgan fingerprint density at radius 1 is 1.64 bits per heavy atom. The third kappa shape index (κ3) is 1.75. The number of hydrogen-bond donors (Lipinski definition) is 2. The van der Waals surface area contributed by atoms with Crippen molar-refractivity contribution in [3.8, 4) is 0 Å². The Kier molecular flexibility index (Phi) is 2.18. The lowest BCUT2D eigenvalue weighted by Crippen LogP contribution is -2.21. The van der Waals surface area contributed by atoms with Gasteiger partial charge in [0.2, 0.25) is 0 Å². The van der Waals surface area contributed by atoms with Crippen LogP contribution in [0.15, 0.2) is 24.4 Å². The highest BCUT2D eigenvalue weighted by Crippen LogP contribution is 2.04. The average Bonchev–Trinajstić information content (AvgIpc) is 2.05. The van der Waals surface area contributed by atoms with Gasteiger partial charge in [0.25, 0.3) is 0 Å². The van der Waals surface area contributed by atoms with Gasteiger partial charge in [-0.25, -0.2) is 0 Å². The minimum Gasteiger partial charge on any atom is -0.480 e. The van der Waals surface area contributed by atoms with Crippen LogP contribution < -0.4 is 5.73 Å². The Hall–Kier alpha value is -1.42. The maximum atomic E-state index is 10.3. The van der Waals surface area contributed by atoms with Gasteiger partial charge in [-0.2, -0.15) is 0 Å². The molecule has 1 aromatic rings. The molecule has 3 N–H and O–H groups in total. The van der Waals surface area contributed by atoms with Crippen LogP contribution in [0.1, 0.15) is 11.7 Å². The highest BCUT2D eigenvalue weighted by molar-refractivity contribution is 5.74. The molecule has 1 atom stereocenters. The summed E-state index contributed by atoms with van der Waals surface area (Å²) in [5.74, 6) is -1.07. The molecule has 0 saturated carbocycles. The van der Waals surface area contributed by atoms with E-state index in [2.05, 4.69) is 4.98 Å². The summed E-state index contributed by atoms with van der Waals surface area (Å²) < 4.78 is 0. The standard InChI is InChI=1S/C7H8N2O2/c8-6(7(10)11)5-3-1-2-4-9-5/h1-4,6H,8H2,(H,10,11)/t6-/m0/s1. The minimum absolute atomic E-state index is 0.375. The van der Waals surface area contributed by atoms with E-state index in [1.54, 1.807) is 18.2 Å². The van der Waals surface area contributed by atoms with Crippen LogP contribution in [-0.2, 0) is 4.79 Å². The number of aliphatic carboxylic acids is 1. The molecule has 4 heteroatoms. The zero-order valence-electron chi connectivity index (χ0n) is 5.77. The molecule has 0 radical (unpaired) electrons. The van der Waals surface area contributed by atoms with Gasteiger partial charge >= 0.3 is 5.97 Å². The van der Waals surface area contributed by atoms with Crippen LogP contribution in [0.4, 0.5) is 0 Å². The fourth-order valence-electron chi connectivity index (χ4n) is 0.686. The first-order chi connectivity index (χ1) is 5.22. The molecule has 0 fully saturated rings. The third-order valence-corrected chi connectivity index (χ3v) is 1.27. The second-order valence-electron chi connectivity index (χ2n) is 2.07. The molecule has 0 unspecified atom stereocenters. The number of rotatable bonds is 2. The van der Waals surface area contributed by atoms with E-state index < -0.39 is 12.0 Å². The van der Waals surface area contributed by atoms with Crippen molar-refractivity contribution in [1.82, 2.24) is 4.98 Å². The van der Waals surface area contributed by atoms with Gasteiger partial charge in [-0.05, 0) is 12.1 Å². The summed E-state index contributed by atoms with van der Waals surface area (Å²) in [5.41, 5.74) is 5.65. The van der Waals surface area contributed by atoms with Crippen LogP contribution in [0.25, 0.3) is 0 Å². The predicted molar refractivity (Wildman–Crippen MR) is 38.8 cm³/mol. The van der Waals surface area contributed by atoms with Crippen molar-refractivity contribution in [2.75, 3.05) is 0 Å². The summed E-state index contributed by atoms with van der Waals surface area (Å²) in [4.78, 5) is 14.1. The molecule has 0 spiro atoms. The molecule has 1 rings (SSSR count). The highest BCUT2D eigenvalue weighted by atomic mass is 16.4. The number of nitrogens with two attached hydrogens (primary N) is 1. The fraction of sp³-hybridized carbons (Fsp3) is 0.143. The van der Waals surface area contributed by atoms with Gasteiger partial charge in [-0.1, -0.05) is 6.07 Å². The number of carboxylic acids is 1. The fourth-order valence-corrected chi connectivity index (χ4v) is 0.686. The van der Waals surface area contributed by atoms with Gasteiger partial charge in [0.05, 0.1) is 5.69 Å². The number of nitrogens with zero attached hydrogens (tertiary/aromatic N) is 1. The topological polar surface area (TPSA) is 76.2 Å². The van der Waals surface area contributed by atoms with Gasteiger partial charge < -0.3 is 10.8 Å². The molecule has 0 aliphatic carbocycles. The van der Waals surface area contributed by atoms with E-state index in [-0.39, 0.29) is 0 Å².